The molecular weight excluding hydrogens is 188 g/mol. The standard InChI is InChI=1S/C13H26O2/c1-6-13(5,14)10-7-8-15-11(9-10)12(2,3)4/h10-11,14H,6-9H2,1-5H3. The predicted octanol–water partition coefficient (Wildman–Crippen LogP) is 2.99. The first-order valence-electron chi connectivity index (χ1n) is 6.11. The average molecular weight is 214 g/mol. The highest BCUT2D eigenvalue weighted by Crippen LogP contribution is 2.37. The van der Waals surface area contributed by atoms with Gasteiger partial charge >= 0.3 is 0 Å². The van der Waals surface area contributed by atoms with E-state index < -0.39 is 5.60 Å². The summed E-state index contributed by atoms with van der Waals surface area (Å²) in [7, 11) is 0. The molecule has 3 atom stereocenters. The third-order valence-electron chi connectivity index (χ3n) is 3.85. The number of hydrogen-bond acceptors (Lipinski definition) is 2. The second kappa shape index (κ2) is 4.42. The zero-order valence-corrected chi connectivity index (χ0v) is 10.8. The maximum atomic E-state index is 10.3. The van der Waals surface area contributed by atoms with E-state index >= 15 is 0 Å². The average Bonchev–Trinajstić information content (AvgIpc) is 2.17. The number of hydrogen-bond donors (Lipinski definition) is 1. The van der Waals surface area contributed by atoms with Gasteiger partial charge < -0.3 is 9.84 Å². The molecule has 0 amide bonds. The largest absolute Gasteiger partial charge is 0.390 e. The first-order valence-corrected chi connectivity index (χ1v) is 6.11. The van der Waals surface area contributed by atoms with Crippen LogP contribution in [0.2, 0.25) is 0 Å². The van der Waals surface area contributed by atoms with Crippen molar-refractivity contribution in [3.63, 3.8) is 0 Å². The minimum Gasteiger partial charge on any atom is -0.390 e. The highest BCUT2D eigenvalue weighted by atomic mass is 16.5. The van der Waals surface area contributed by atoms with Crippen LogP contribution in [0.4, 0.5) is 0 Å². The van der Waals surface area contributed by atoms with E-state index in [1.807, 2.05) is 6.92 Å². The van der Waals surface area contributed by atoms with Crippen molar-refractivity contribution in [2.45, 2.75) is 65.6 Å². The summed E-state index contributed by atoms with van der Waals surface area (Å²) in [6, 6.07) is 0. The van der Waals surface area contributed by atoms with E-state index in [2.05, 4.69) is 27.7 Å². The van der Waals surface area contributed by atoms with Crippen LogP contribution in [-0.4, -0.2) is 23.4 Å². The van der Waals surface area contributed by atoms with E-state index in [1.165, 1.54) is 0 Å². The van der Waals surface area contributed by atoms with Crippen LogP contribution in [0.15, 0.2) is 0 Å². The first kappa shape index (κ1) is 13.0. The Hall–Kier alpha value is -0.0800. The molecule has 0 aromatic carbocycles. The van der Waals surface area contributed by atoms with Crippen molar-refractivity contribution in [1.29, 1.82) is 0 Å². The summed E-state index contributed by atoms with van der Waals surface area (Å²) in [6.07, 6.45) is 3.10. The lowest BCUT2D eigenvalue weighted by Gasteiger charge is -2.42. The summed E-state index contributed by atoms with van der Waals surface area (Å²) in [4.78, 5) is 0. The van der Waals surface area contributed by atoms with Crippen molar-refractivity contribution in [3.05, 3.63) is 0 Å². The molecule has 2 heteroatoms. The van der Waals surface area contributed by atoms with Crippen LogP contribution < -0.4 is 0 Å². The van der Waals surface area contributed by atoms with Gasteiger partial charge in [0.05, 0.1) is 11.7 Å². The van der Waals surface area contributed by atoms with E-state index in [4.69, 9.17) is 4.74 Å². The van der Waals surface area contributed by atoms with Crippen LogP contribution in [0.3, 0.4) is 0 Å². The van der Waals surface area contributed by atoms with Crippen molar-refractivity contribution >= 4 is 0 Å². The van der Waals surface area contributed by atoms with E-state index in [0.717, 1.165) is 25.9 Å². The summed E-state index contributed by atoms with van der Waals surface area (Å²) >= 11 is 0. The molecule has 1 fully saturated rings. The van der Waals surface area contributed by atoms with Crippen LogP contribution in [0.25, 0.3) is 0 Å². The number of aliphatic hydroxyl groups is 1. The Bertz CT molecular complexity index is 203. The molecule has 1 aliphatic rings. The summed E-state index contributed by atoms with van der Waals surface area (Å²) < 4.78 is 5.80. The Labute approximate surface area is 94.0 Å². The molecule has 0 aromatic heterocycles. The lowest BCUT2D eigenvalue weighted by molar-refractivity contribution is -0.116. The Kier molecular flexibility index (Phi) is 3.83. The van der Waals surface area contributed by atoms with Gasteiger partial charge in [-0.25, -0.2) is 0 Å². The monoisotopic (exact) mass is 214 g/mol. The van der Waals surface area contributed by atoms with Gasteiger partial charge in [-0.3, -0.25) is 0 Å². The zero-order valence-electron chi connectivity index (χ0n) is 10.8. The molecule has 0 spiro atoms. The number of ether oxygens (including phenoxy) is 1. The van der Waals surface area contributed by atoms with Gasteiger partial charge in [0.25, 0.3) is 0 Å². The molecule has 0 radical (unpaired) electrons. The Balaban J connectivity index is 2.64. The molecule has 2 nitrogen and oxygen atoms in total. The van der Waals surface area contributed by atoms with Crippen molar-refractivity contribution in [2.75, 3.05) is 6.61 Å². The topological polar surface area (TPSA) is 29.5 Å². The fraction of sp³-hybridized carbons (Fsp3) is 1.00. The van der Waals surface area contributed by atoms with Gasteiger partial charge in [-0.15, -0.1) is 0 Å². The molecule has 90 valence electrons. The van der Waals surface area contributed by atoms with Crippen LogP contribution in [0.1, 0.15) is 53.9 Å². The second-order valence-electron chi connectivity index (χ2n) is 6.16. The zero-order chi connectivity index (χ0) is 11.7. The van der Waals surface area contributed by atoms with Gasteiger partial charge in [0.1, 0.15) is 0 Å². The SMILES string of the molecule is CCC(C)(O)C1CCOC(C(C)(C)C)C1. The molecule has 3 unspecified atom stereocenters. The van der Waals surface area contributed by atoms with Crippen LogP contribution >= 0.6 is 0 Å². The predicted molar refractivity (Wildman–Crippen MR) is 62.8 cm³/mol. The third-order valence-corrected chi connectivity index (χ3v) is 3.85. The molecule has 0 aromatic rings. The summed E-state index contributed by atoms with van der Waals surface area (Å²) in [5.41, 5.74) is -0.338. The fourth-order valence-corrected chi connectivity index (χ4v) is 2.25. The molecule has 1 rings (SSSR count). The van der Waals surface area contributed by atoms with Crippen LogP contribution in [-0.2, 0) is 4.74 Å². The van der Waals surface area contributed by atoms with Crippen molar-refractivity contribution in [3.8, 4) is 0 Å². The van der Waals surface area contributed by atoms with Gasteiger partial charge in [-0.05, 0) is 37.5 Å². The smallest absolute Gasteiger partial charge is 0.0647 e. The van der Waals surface area contributed by atoms with Gasteiger partial charge in [0, 0.05) is 6.61 Å². The van der Waals surface area contributed by atoms with Gasteiger partial charge in [0.2, 0.25) is 0 Å². The Morgan fingerprint density at radius 2 is 1.87 bits per heavy atom. The molecule has 0 bridgehead atoms. The van der Waals surface area contributed by atoms with Crippen molar-refractivity contribution in [1.82, 2.24) is 0 Å². The first-order chi connectivity index (χ1) is 6.77. The van der Waals surface area contributed by atoms with Gasteiger partial charge in [-0.2, -0.15) is 0 Å². The summed E-state index contributed by atoms with van der Waals surface area (Å²) in [5.74, 6) is 0.389. The molecule has 1 N–H and O–H groups in total. The normalized spacial score (nSPS) is 32.4. The van der Waals surface area contributed by atoms with Crippen molar-refractivity contribution < 1.29 is 9.84 Å². The van der Waals surface area contributed by atoms with Gasteiger partial charge in [0.15, 0.2) is 0 Å². The molecule has 0 saturated carbocycles. The van der Waals surface area contributed by atoms with Crippen molar-refractivity contribution in [2.24, 2.45) is 11.3 Å². The van der Waals surface area contributed by atoms with Crippen LogP contribution in [0, 0.1) is 11.3 Å². The quantitative estimate of drug-likeness (QED) is 0.765. The highest BCUT2D eigenvalue weighted by molar-refractivity contribution is 4.89. The number of rotatable bonds is 2. The lowest BCUT2D eigenvalue weighted by Crippen LogP contribution is -2.44. The third kappa shape index (κ3) is 3.18. The molecule has 1 saturated heterocycles. The Morgan fingerprint density at radius 3 is 2.33 bits per heavy atom. The fourth-order valence-electron chi connectivity index (χ4n) is 2.25. The van der Waals surface area contributed by atoms with Crippen LogP contribution in [0.5, 0.6) is 0 Å². The molecule has 15 heavy (non-hydrogen) atoms. The second-order valence-corrected chi connectivity index (χ2v) is 6.16. The lowest BCUT2D eigenvalue weighted by atomic mass is 9.74. The molecule has 0 aliphatic carbocycles. The molecule has 1 aliphatic heterocycles. The van der Waals surface area contributed by atoms with E-state index in [1.54, 1.807) is 0 Å². The van der Waals surface area contributed by atoms with E-state index in [-0.39, 0.29) is 11.5 Å². The maximum Gasteiger partial charge on any atom is 0.0647 e. The minimum absolute atomic E-state index is 0.183. The molecular formula is C13H26O2. The van der Waals surface area contributed by atoms with E-state index in [9.17, 15) is 5.11 Å². The summed E-state index contributed by atoms with van der Waals surface area (Å²) in [6.45, 7) is 11.4. The summed E-state index contributed by atoms with van der Waals surface area (Å²) in [5, 5.41) is 10.3. The van der Waals surface area contributed by atoms with Gasteiger partial charge in [-0.1, -0.05) is 27.7 Å². The Morgan fingerprint density at radius 1 is 1.27 bits per heavy atom. The minimum atomic E-state index is -0.521. The maximum absolute atomic E-state index is 10.3. The molecule has 1 heterocycles. The highest BCUT2D eigenvalue weighted by Gasteiger charge is 2.38. The van der Waals surface area contributed by atoms with E-state index in [0.29, 0.717) is 5.92 Å².